The van der Waals surface area contributed by atoms with Crippen molar-refractivity contribution < 1.29 is 0 Å². The average molecular weight is 242 g/mol. The van der Waals surface area contributed by atoms with E-state index in [1.54, 1.807) is 6.20 Å². The van der Waals surface area contributed by atoms with Gasteiger partial charge in [-0.15, -0.1) is 5.10 Å². The van der Waals surface area contributed by atoms with Gasteiger partial charge in [0, 0.05) is 17.7 Å². The minimum atomic E-state index is 0.490. The van der Waals surface area contributed by atoms with E-state index in [0.29, 0.717) is 17.3 Å². The summed E-state index contributed by atoms with van der Waals surface area (Å²) in [6, 6.07) is 11.9. The minimum Gasteiger partial charge on any atom is -0.219 e. The van der Waals surface area contributed by atoms with Gasteiger partial charge in [-0.1, -0.05) is 42.1 Å². The predicted octanol–water partition coefficient (Wildman–Crippen LogP) is 2.54. The van der Waals surface area contributed by atoms with Gasteiger partial charge in [0.2, 0.25) is 5.16 Å². The van der Waals surface area contributed by atoms with Crippen LogP contribution in [-0.4, -0.2) is 20.9 Å². The number of nitrogens with zero attached hydrogens (tertiary/aromatic N) is 4. The molecule has 4 nitrogen and oxygen atoms in total. The lowest BCUT2D eigenvalue weighted by Crippen LogP contribution is -1.93. The van der Waals surface area contributed by atoms with Crippen LogP contribution in [0.3, 0.4) is 0 Å². The Morgan fingerprint density at radius 3 is 2.82 bits per heavy atom. The van der Waals surface area contributed by atoms with E-state index in [1.807, 2.05) is 30.3 Å². The van der Waals surface area contributed by atoms with Crippen LogP contribution in [0.4, 0.5) is 0 Å². The van der Waals surface area contributed by atoms with Crippen molar-refractivity contribution in [1.29, 1.82) is 5.26 Å². The van der Waals surface area contributed by atoms with Gasteiger partial charge in [0.1, 0.15) is 0 Å². The van der Waals surface area contributed by atoms with Crippen LogP contribution in [0.5, 0.6) is 0 Å². The lowest BCUT2D eigenvalue weighted by atomic mass is 10.2. The lowest BCUT2D eigenvalue weighted by Gasteiger charge is -2.01. The SMILES string of the molecule is N#CCCSc1nncc(-c2ccccc2)n1. The van der Waals surface area contributed by atoms with Crippen LogP contribution < -0.4 is 0 Å². The summed E-state index contributed by atoms with van der Waals surface area (Å²) in [6.07, 6.45) is 2.13. The third kappa shape index (κ3) is 3.26. The molecular formula is C12H10N4S. The Balaban J connectivity index is 2.15. The zero-order valence-electron chi connectivity index (χ0n) is 9.08. The van der Waals surface area contributed by atoms with Crippen molar-refractivity contribution in [3.8, 4) is 17.3 Å². The van der Waals surface area contributed by atoms with Crippen LogP contribution in [0.2, 0.25) is 0 Å². The summed E-state index contributed by atoms with van der Waals surface area (Å²) >= 11 is 1.45. The molecule has 1 heterocycles. The summed E-state index contributed by atoms with van der Waals surface area (Å²) in [7, 11) is 0. The first-order valence-electron chi connectivity index (χ1n) is 5.15. The zero-order chi connectivity index (χ0) is 11.9. The van der Waals surface area contributed by atoms with Gasteiger partial charge >= 0.3 is 0 Å². The normalized spacial score (nSPS) is 9.82. The Morgan fingerprint density at radius 2 is 2.06 bits per heavy atom. The zero-order valence-corrected chi connectivity index (χ0v) is 9.89. The number of thioether (sulfide) groups is 1. The van der Waals surface area contributed by atoms with E-state index in [1.165, 1.54) is 11.8 Å². The summed E-state index contributed by atoms with van der Waals surface area (Å²) in [6.45, 7) is 0. The molecule has 0 unspecified atom stereocenters. The second kappa shape index (κ2) is 5.97. The number of hydrogen-bond acceptors (Lipinski definition) is 5. The molecule has 2 rings (SSSR count). The van der Waals surface area contributed by atoms with Crippen LogP contribution in [0.1, 0.15) is 6.42 Å². The molecule has 0 N–H and O–H groups in total. The van der Waals surface area contributed by atoms with Gasteiger partial charge in [-0.2, -0.15) is 10.4 Å². The van der Waals surface area contributed by atoms with E-state index < -0.39 is 0 Å². The molecule has 0 fully saturated rings. The van der Waals surface area contributed by atoms with Crippen molar-refractivity contribution in [3.05, 3.63) is 36.5 Å². The maximum atomic E-state index is 8.46. The maximum Gasteiger partial charge on any atom is 0.209 e. The summed E-state index contributed by atoms with van der Waals surface area (Å²) in [4.78, 5) is 4.39. The number of aromatic nitrogens is 3. The van der Waals surface area contributed by atoms with Crippen molar-refractivity contribution in [2.75, 3.05) is 5.75 Å². The standard InChI is InChI=1S/C12H10N4S/c13-7-4-8-17-12-15-11(9-14-16-12)10-5-2-1-3-6-10/h1-3,5-6,9H,4,8H2. The number of hydrogen-bond donors (Lipinski definition) is 0. The van der Waals surface area contributed by atoms with E-state index >= 15 is 0 Å². The van der Waals surface area contributed by atoms with Crippen LogP contribution in [0, 0.1) is 11.3 Å². The van der Waals surface area contributed by atoms with E-state index in [4.69, 9.17) is 5.26 Å². The van der Waals surface area contributed by atoms with Gasteiger partial charge in [0.05, 0.1) is 18.0 Å². The predicted molar refractivity (Wildman–Crippen MR) is 66.2 cm³/mol. The fourth-order valence-corrected chi connectivity index (χ4v) is 1.93. The van der Waals surface area contributed by atoms with Crippen molar-refractivity contribution in [1.82, 2.24) is 15.2 Å². The number of benzene rings is 1. The van der Waals surface area contributed by atoms with Gasteiger partial charge < -0.3 is 0 Å². The fourth-order valence-electron chi connectivity index (χ4n) is 1.28. The van der Waals surface area contributed by atoms with Crippen LogP contribution in [0.25, 0.3) is 11.3 Å². The lowest BCUT2D eigenvalue weighted by molar-refractivity contribution is 0.844. The topological polar surface area (TPSA) is 62.5 Å². The molecule has 0 saturated carbocycles. The first-order chi connectivity index (χ1) is 8.40. The molecule has 84 valence electrons. The molecule has 2 aromatic rings. The third-order valence-electron chi connectivity index (χ3n) is 2.05. The fraction of sp³-hybridized carbons (Fsp3) is 0.167. The van der Waals surface area contributed by atoms with E-state index in [9.17, 15) is 0 Å². The quantitative estimate of drug-likeness (QED) is 0.609. The molecule has 0 aliphatic heterocycles. The number of rotatable bonds is 4. The molecule has 1 aromatic carbocycles. The molecule has 0 saturated heterocycles. The molecule has 0 aliphatic carbocycles. The smallest absolute Gasteiger partial charge is 0.209 e. The summed E-state index contributed by atoms with van der Waals surface area (Å²) in [5, 5.41) is 16.9. The largest absolute Gasteiger partial charge is 0.219 e. The average Bonchev–Trinajstić information content (AvgIpc) is 2.41. The number of nitriles is 1. The van der Waals surface area contributed by atoms with Crippen molar-refractivity contribution in [2.24, 2.45) is 0 Å². The van der Waals surface area contributed by atoms with Crippen LogP contribution in [0.15, 0.2) is 41.7 Å². The molecule has 17 heavy (non-hydrogen) atoms. The van der Waals surface area contributed by atoms with Gasteiger partial charge in [0.25, 0.3) is 0 Å². The summed E-state index contributed by atoms with van der Waals surface area (Å²) in [5.41, 5.74) is 1.82. The molecule has 1 aromatic heterocycles. The summed E-state index contributed by atoms with van der Waals surface area (Å²) in [5.74, 6) is 0.691. The molecular weight excluding hydrogens is 232 g/mol. The van der Waals surface area contributed by atoms with Crippen LogP contribution >= 0.6 is 11.8 Å². The summed E-state index contributed by atoms with van der Waals surface area (Å²) < 4.78 is 0. The highest BCUT2D eigenvalue weighted by molar-refractivity contribution is 7.99. The molecule has 5 heteroatoms. The molecule has 0 atom stereocenters. The Labute approximate surface area is 104 Å². The van der Waals surface area contributed by atoms with Crippen molar-refractivity contribution >= 4 is 11.8 Å². The molecule has 0 radical (unpaired) electrons. The second-order valence-corrected chi connectivity index (χ2v) is 4.31. The third-order valence-corrected chi connectivity index (χ3v) is 2.89. The highest BCUT2D eigenvalue weighted by Crippen LogP contribution is 2.18. The van der Waals surface area contributed by atoms with Crippen molar-refractivity contribution in [3.63, 3.8) is 0 Å². The second-order valence-electron chi connectivity index (χ2n) is 3.25. The van der Waals surface area contributed by atoms with Gasteiger partial charge in [0.15, 0.2) is 0 Å². The first-order valence-corrected chi connectivity index (χ1v) is 6.13. The van der Waals surface area contributed by atoms with Gasteiger partial charge in [-0.05, 0) is 0 Å². The van der Waals surface area contributed by atoms with Gasteiger partial charge in [-0.25, -0.2) is 4.98 Å². The van der Waals surface area contributed by atoms with Crippen molar-refractivity contribution in [2.45, 2.75) is 11.6 Å². The first kappa shape index (κ1) is 11.6. The Hall–Kier alpha value is -1.93. The Morgan fingerprint density at radius 1 is 1.24 bits per heavy atom. The maximum absolute atomic E-state index is 8.46. The highest BCUT2D eigenvalue weighted by Gasteiger charge is 2.03. The molecule has 0 spiro atoms. The highest BCUT2D eigenvalue weighted by atomic mass is 32.2. The van der Waals surface area contributed by atoms with Crippen LogP contribution in [-0.2, 0) is 0 Å². The Kier molecular flexibility index (Phi) is 4.05. The molecule has 0 aliphatic rings. The van der Waals surface area contributed by atoms with E-state index in [-0.39, 0.29) is 0 Å². The van der Waals surface area contributed by atoms with E-state index in [2.05, 4.69) is 21.3 Å². The monoisotopic (exact) mass is 242 g/mol. The minimum absolute atomic E-state index is 0.490. The Bertz CT molecular complexity index is 522. The van der Waals surface area contributed by atoms with E-state index in [0.717, 1.165) is 11.3 Å². The molecule has 0 bridgehead atoms. The van der Waals surface area contributed by atoms with Gasteiger partial charge in [-0.3, -0.25) is 0 Å². The molecule has 0 amide bonds.